The molecule has 6 heteroatoms. The molecule has 0 saturated carbocycles. The number of piperazine rings is 1. The summed E-state index contributed by atoms with van der Waals surface area (Å²) in [5.41, 5.74) is 5.14. The first-order valence-corrected chi connectivity index (χ1v) is 9.03. The van der Waals surface area contributed by atoms with Crippen molar-refractivity contribution in [2.45, 2.75) is 13.1 Å². The minimum Gasteiger partial charge on any atom is -0.369 e. The van der Waals surface area contributed by atoms with Gasteiger partial charge in [-0.2, -0.15) is 0 Å². The Morgan fingerprint density at radius 2 is 1.85 bits per heavy atom. The largest absolute Gasteiger partial charge is 0.369 e. The molecule has 1 fully saturated rings. The lowest BCUT2D eigenvalue weighted by atomic mass is 10.1. The van der Waals surface area contributed by atoms with Crippen LogP contribution in [0.4, 0.5) is 10.1 Å². The molecule has 136 valence electrons. The van der Waals surface area contributed by atoms with Gasteiger partial charge in [0.25, 0.3) is 0 Å². The molecule has 2 N–H and O–H groups in total. The molecule has 0 unspecified atom stereocenters. The summed E-state index contributed by atoms with van der Waals surface area (Å²) in [5, 5.41) is 3.41. The normalized spacial score (nSPS) is 15.7. The van der Waals surface area contributed by atoms with Gasteiger partial charge < -0.3 is 20.1 Å². The van der Waals surface area contributed by atoms with Gasteiger partial charge >= 0.3 is 0 Å². The van der Waals surface area contributed by atoms with Gasteiger partial charge in [-0.3, -0.25) is 0 Å². The SMILES string of the molecule is CN1CCN(c2cc(F)cc(CNCc3ccc4nc[nH]c4c3)c2)CC1. The van der Waals surface area contributed by atoms with Crippen molar-refractivity contribution < 1.29 is 4.39 Å². The highest BCUT2D eigenvalue weighted by Gasteiger charge is 2.15. The maximum Gasteiger partial charge on any atom is 0.125 e. The molecule has 1 aliphatic heterocycles. The van der Waals surface area contributed by atoms with Gasteiger partial charge in [0.1, 0.15) is 5.82 Å². The van der Waals surface area contributed by atoms with E-state index in [-0.39, 0.29) is 5.82 Å². The zero-order valence-corrected chi connectivity index (χ0v) is 15.0. The molecule has 0 spiro atoms. The zero-order chi connectivity index (χ0) is 17.9. The molecule has 0 radical (unpaired) electrons. The van der Waals surface area contributed by atoms with Crippen molar-refractivity contribution in [2.24, 2.45) is 0 Å². The first-order chi connectivity index (χ1) is 12.7. The Balaban J connectivity index is 1.39. The van der Waals surface area contributed by atoms with E-state index in [0.717, 1.165) is 55.0 Å². The quantitative estimate of drug-likeness (QED) is 0.740. The average molecular weight is 353 g/mol. The van der Waals surface area contributed by atoms with Crippen LogP contribution in [0.5, 0.6) is 0 Å². The fourth-order valence-electron chi connectivity index (χ4n) is 3.43. The minimum absolute atomic E-state index is 0.169. The second kappa shape index (κ2) is 7.43. The number of halogens is 1. The van der Waals surface area contributed by atoms with Crippen LogP contribution in [-0.2, 0) is 13.1 Å². The number of imidazole rings is 1. The molecule has 2 aromatic carbocycles. The van der Waals surface area contributed by atoms with Crippen molar-refractivity contribution in [3.8, 4) is 0 Å². The van der Waals surface area contributed by atoms with Gasteiger partial charge in [-0.1, -0.05) is 6.07 Å². The molecular weight excluding hydrogens is 329 g/mol. The van der Waals surface area contributed by atoms with Crippen LogP contribution in [0.3, 0.4) is 0 Å². The Kier molecular flexibility index (Phi) is 4.86. The van der Waals surface area contributed by atoms with Gasteiger partial charge in [0.2, 0.25) is 0 Å². The number of likely N-dealkylation sites (N-methyl/N-ethyl adjacent to an activating group) is 1. The van der Waals surface area contributed by atoms with Gasteiger partial charge in [-0.15, -0.1) is 0 Å². The molecule has 1 saturated heterocycles. The topological polar surface area (TPSA) is 47.2 Å². The molecule has 2 heterocycles. The molecule has 0 amide bonds. The Morgan fingerprint density at radius 1 is 1.04 bits per heavy atom. The standard InChI is InChI=1S/C20H24FN5/c1-25-4-6-26(7-5-25)18-9-16(8-17(21)11-18)13-22-12-15-2-3-19-20(10-15)24-14-23-19/h2-3,8-11,14,22H,4-7,12-13H2,1H3,(H,23,24). The van der Waals surface area contributed by atoms with E-state index < -0.39 is 0 Å². The highest BCUT2D eigenvalue weighted by Crippen LogP contribution is 2.20. The summed E-state index contributed by atoms with van der Waals surface area (Å²) in [6.07, 6.45) is 1.70. The number of aromatic amines is 1. The van der Waals surface area contributed by atoms with Crippen LogP contribution in [0.2, 0.25) is 0 Å². The molecule has 5 nitrogen and oxygen atoms in total. The van der Waals surface area contributed by atoms with E-state index >= 15 is 0 Å². The molecule has 1 aliphatic rings. The average Bonchev–Trinajstić information content (AvgIpc) is 3.10. The second-order valence-electron chi connectivity index (χ2n) is 6.97. The van der Waals surface area contributed by atoms with Gasteiger partial charge in [-0.05, 0) is 48.5 Å². The second-order valence-corrected chi connectivity index (χ2v) is 6.97. The highest BCUT2D eigenvalue weighted by atomic mass is 19.1. The van der Waals surface area contributed by atoms with Gasteiger partial charge in [-0.25, -0.2) is 9.37 Å². The maximum atomic E-state index is 14.1. The predicted molar refractivity (Wildman–Crippen MR) is 103 cm³/mol. The van der Waals surface area contributed by atoms with Gasteiger partial charge in [0.05, 0.1) is 17.4 Å². The summed E-state index contributed by atoms with van der Waals surface area (Å²) in [6.45, 7) is 5.28. The molecule has 4 rings (SSSR count). The summed E-state index contributed by atoms with van der Waals surface area (Å²) in [6, 6.07) is 11.5. The van der Waals surface area contributed by atoms with Crippen molar-refractivity contribution in [3.05, 3.63) is 59.7 Å². The van der Waals surface area contributed by atoms with E-state index in [1.54, 1.807) is 18.5 Å². The summed E-state index contributed by atoms with van der Waals surface area (Å²) in [5.74, 6) is -0.169. The maximum absolute atomic E-state index is 14.1. The third-order valence-corrected chi connectivity index (χ3v) is 4.95. The number of H-pyrrole nitrogens is 1. The first kappa shape index (κ1) is 17.0. The molecule has 0 aliphatic carbocycles. The molecule has 0 bridgehead atoms. The van der Waals surface area contributed by atoms with Crippen LogP contribution in [0, 0.1) is 5.82 Å². The van der Waals surface area contributed by atoms with E-state index in [0.29, 0.717) is 6.54 Å². The van der Waals surface area contributed by atoms with Crippen molar-refractivity contribution in [2.75, 3.05) is 38.1 Å². The molecule has 0 atom stereocenters. The van der Waals surface area contributed by atoms with E-state index in [1.807, 2.05) is 6.07 Å². The predicted octanol–water partition coefficient (Wildman–Crippen LogP) is 2.74. The van der Waals surface area contributed by atoms with E-state index in [4.69, 9.17) is 0 Å². The molecular formula is C20H24FN5. The summed E-state index contributed by atoms with van der Waals surface area (Å²) in [4.78, 5) is 11.9. The number of hydrogen-bond donors (Lipinski definition) is 2. The monoisotopic (exact) mass is 353 g/mol. The Morgan fingerprint density at radius 3 is 2.69 bits per heavy atom. The summed E-state index contributed by atoms with van der Waals surface area (Å²) >= 11 is 0. The Hall–Kier alpha value is -2.44. The number of benzene rings is 2. The lowest BCUT2D eigenvalue weighted by molar-refractivity contribution is 0.312. The number of anilines is 1. The molecule has 3 aromatic rings. The van der Waals surface area contributed by atoms with E-state index in [2.05, 4.69) is 50.3 Å². The van der Waals surface area contributed by atoms with Crippen molar-refractivity contribution in [1.29, 1.82) is 0 Å². The highest BCUT2D eigenvalue weighted by molar-refractivity contribution is 5.75. The van der Waals surface area contributed by atoms with Gasteiger partial charge in [0.15, 0.2) is 0 Å². The van der Waals surface area contributed by atoms with Crippen molar-refractivity contribution >= 4 is 16.7 Å². The van der Waals surface area contributed by atoms with E-state index in [9.17, 15) is 4.39 Å². The van der Waals surface area contributed by atoms with Crippen LogP contribution in [0.25, 0.3) is 11.0 Å². The zero-order valence-electron chi connectivity index (χ0n) is 15.0. The fraction of sp³-hybridized carbons (Fsp3) is 0.350. The minimum atomic E-state index is -0.169. The molecule has 1 aromatic heterocycles. The Bertz CT molecular complexity index is 883. The van der Waals surface area contributed by atoms with Crippen molar-refractivity contribution in [3.63, 3.8) is 0 Å². The number of nitrogens with one attached hydrogen (secondary N) is 2. The van der Waals surface area contributed by atoms with Crippen LogP contribution in [0.1, 0.15) is 11.1 Å². The lowest BCUT2D eigenvalue weighted by Gasteiger charge is -2.34. The van der Waals surface area contributed by atoms with Crippen molar-refractivity contribution in [1.82, 2.24) is 20.2 Å². The fourth-order valence-corrected chi connectivity index (χ4v) is 3.43. The Labute approximate surface area is 152 Å². The van der Waals surface area contributed by atoms with Gasteiger partial charge in [0, 0.05) is 45.0 Å². The van der Waals surface area contributed by atoms with Crippen LogP contribution in [0.15, 0.2) is 42.7 Å². The third-order valence-electron chi connectivity index (χ3n) is 4.95. The number of aromatic nitrogens is 2. The van der Waals surface area contributed by atoms with E-state index in [1.165, 1.54) is 5.56 Å². The number of rotatable bonds is 5. The van der Waals surface area contributed by atoms with Crippen LogP contribution < -0.4 is 10.2 Å². The molecule has 26 heavy (non-hydrogen) atoms. The summed E-state index contributed by atoms with van der Waals surface area (Å²) in [7, 11) is 2.12. The smallest absolute Gasteiger partial charge is 0.125 e. The first-order valence-electron chi connectivity index (χ1n) is 9.03. The van der Waals surface area contributed by atoms with Crippen LogP contribution in [-0.4, -0.2) is 48.1 Å². The summed E-state index contributed by atoms with van der Waals surface area (Å²) < 4.78 is 14.1. The number of hydrogen-bond acceptors (Lipinski definition) is 4. The van der Waals surface area contributed by atoms with Crippen LogP contribution >= 0.6 is 0 Å². The lowest BCUT2D eigenvalue weighted by Crippen LogP contribution is -2.44. The number of nitrogens with zero attached hydrogens (tertiary/aromatic N) is 3. The third kappa shape index (κ3) is 3.86. The number of fused-ring (bicyclic) bond motifs is 1.